The maximum atomic E-state index is 12.1. The number of carbonyl (C=O) groups excluding carboxylic acids is 1. The molecule has 1 saturated heterocycles. The Hall–Kier alpha value is -1.40. The first-order chi connectivity index (χ1) is 8.59. The summed E-state index contributed by atoms with van der Waals surface area (Å²) in [4.78, 5) is 26.6. The maximum absolute atomic E-state index is 12.1. The third-order valence-corrected chi connectivity index (χ3v) is 3.96. The van der Waals surface area contributed by atoms with Gasteiger partial charge in [0.05, 0.1) is 5.56 Å². The summed E-state index contributed by atoms with van der Waals surface area (Å²) < 4.78 is 0. The van der Waals surface area contributed by atoms with Crippen molar-refractivity contribution < 1.29 is 14.7 Å². The average Bonchev–Trinajstić information content (AvgIpc) is 2.91. The Morgan fingerprint density at radius 1 is 1.33 bits per heavy atom. The lowest BCUT2D eigenvalue weighted by molar-refractivity contribution is -0.143. The highest BCUT2D eigenvalue weighted by molar-refractivity contribution is 7.08. The molecular weight excluding hydrogens is 252 g/mol. The lowest BCUT2D eigenvalue weighted by Gasteiger charge is -2.36. The lowest BCUT2D eigenvalue weighted by Crippen LogP contribution is -2.53. The van der Waals surface area contributed by atoms with Crippen LogP contribution in [0.1, 0.15) is 17.3 Å². The summed E-state index contributed by atoms with van der Waals surface area (Å²) in [6, 6.07) is 1.34. The van der Waals surface area contributed by atoms with Crippen molar-refractivity contribution in [2.45, 2.75) is 13.0 Å². The highest BCUT2D eigenvalue weighted by atomic mass is 32.1. The van der Waals surface area contributed by atoms with Crippen molar-refractivity contribution in [2.75, 3.05) is 26.2 Å². The van der Waals surface area contributed by atoms with E-state index in [9.17, 15) is 9.59 Å². The number of amides is 1. The number of nitrogens with zero attached hydrogens (tertiary/aromatic N) is 2. The number of thiophene rings is 1. The summed E-state index contributed by atoms with van der Waals surface area (Å²) in [7, 11) is 0. The summed E-state index contributed by atoms with van der Waals surface area (Å²) in [5, 5.41) is 12.7. The van der Waals surface area contributed by atoms with Gasteiger partial charge >= 0.3 is 5.97 Å². The van der Waals surface area contributed by atoms with Gasteiger partial charge in [-0.05, 0) is 18.4 Å². The van der Waals surface area contributed by atoms with E-state index < -0.39 is 12.0 Å². The number of carboxylic acid groups (broad SMARTS) is 1. The predicted octanol–water partition coefficient (Wildman–Crippen LogP) is 0.979. The quantitative estimate of drug-likeness (QED) is 0.887. The molecule has 0 radical (unpaired) electrons. The molecular formula is C12H16N2O3S. The summed E-state index contributed by atoms with van der Waals surface area (Å²) in [6.45, 7) is 4.09. The van der Waals surface area contributed by atoms with Crippen LogP contribution < -0.4 is 0 Å². The van der Waals surface area contributed by atoms with Crippen LogP contribution in [-0.4, -0.2) is 59.0 Å². The third kappa shape index (κ3) is 2.70. The fraction of sp³-hybridized carbons (Fsp3) is 0.500. The van der Waals surface area contributed by atoms with E-state index >= 15 is 0 Å². The molecule has 98 valence electrons. The molecule has 1 aliphatic heterocycles. The van der Waals surface area contributed by atoms with Crippen molar-refractivity contribution in [3.05, 3.63) is 22.4 Å². The molecule has 0 spiro atoms. The Bertz CT molecular complexity index is 425. The van der Waals surface area contributed by atoms with E-state index in [1.54, 1.807) is 11.8 Å². The second kappa shape index (κ2) is 5.49. The van der Waals surface area contributed by atoms with Crippen molar-refractivity contribution >= 4 is 23.2 Å². The molecule has 2 heterocycles. The van der Waals surface area contributed by atoms with E-state index in [1.165, 1.54) is 11.3 Å². The first-order valence-corrected chi connectivity index (χ1v) is 6.82. The van der Waals surface area contributed by atoms with Gasteiger partial charge < -0.3 is 10.0 Å². The third-order valence-electron chi connectivity index (χ3n) is 3.27. The van der Waals surface area contributed by atoms with Crippen LogP contribution in [0.15, 0.2) is 16.8 Å². The van der Waals surface area contributed by atoms with Gasteiger partial charge in [-0.3, -0.25) is 14.5 Å². The molecule has 1 aromatic rings. The molecule has 1 aliphatic rings. The van der Waals surface area contributed by atoms with Gasteiger partial charge in [0, 0.05) is 31.6 Å². The number of carboxylic acids is 1. The Morgan fingerprint density at radius 3 is 2.50 bits per heavy atom. The second-order valence-electron chi connectivity index (χ2n) is 4.35. The number of piperazine rings is 1. The molecule has 6 heteroatoms. The van der Waals surface area contributed by atoms with Crippen molar-refractivity contribution in [2.24, 2.45) is 0 Å². The van der Waals surface area contributed by atoms with E-state index in [-0.39, 0.29) is 5.91 Å². The fourth-order valence-corrected chi connectivity index (χ4v) is 2.67. The molecule has 1 N–H and O–H groups in total. The smallest absolute Gasteiger partial charge is 0.320 e. The zero-order valence-electron chi connectivity index (χ0n) is 10.2. The SMILES string of the molecule is CC(C(=O)O)N1CCN(C(=O)c2ccsc2)CC1. The van der Waals surface area contributed by atoms with Crippen LogP contribution in [0.2, 0.25) is 0 Å². The Balaban J connectivity index is 1.91. The van der Waals surface area contributed by atoms with Gasteiger partial charge in [-0.25, -0.2) is 0 Å². The molecule has 0 aromatic carbocycles. The van der Waals surface area contributed by atoms with Crippen LogP contribution in [0.25, 0.3) is 0 Å². The van der Waals surface area contributed by atoms with Crippen LogP contribution in [0.4, 0.5) is 0 Å². The predicted molar refractivity (Wildman–Crippen MR) is 68.9 cm³/mol. The first kappa shape index (κ1) is 13.0. The van der Waals surface area contributed by atoms with Gasteiger partial charge in [0.2, 0.25) is 0 Å². The Labute approximate surface area is 110 Å². The van der Waals surface area contributed by atoms with Crippen molar-refractivity contribution in [1.29, 1.82) is 0 Å². The zero-order chi connectivity index (χ0) is 13.1. The highest BCUT2D eigenvalue weighted by Gasteiger charge is 2.27. The summed E-state index contributed by atoms with van der Waals surface area (Å²) in [6.07, 6.45) is 0. The molecule has 1 unspecified atom stereocenters. The lowest BCUT2D eigenvalue weighted by atomic mass is 10.2. The van der Waals surface area contributed by atoms with Crippen LogP contribution in [-0.2, 0) is 4.79 Å². The molecule has 18 heavy (non-hydrogen) atoms. The first-order valence-electron chi connectivity index (χ1n) is 5.88. The summed E-state index contributed by atoms with van der Waals surface area (Å²) >= 11 is 1.51. The van der Waals surface area contributed by atoms with Gasteiger partial charge in [0.15, 0.2) is 0 Å². The normalized spacial score (nSPS) is 18.6. The zero-order valence-corrected chi connectivity index (χ0v) is 11.0. The van der Waals surface area contributed by atoms with Crippen molar-refractivity contribution in [3.63, 3.8) is 0 Å². The van der Waals surface area contributed by atoms with Gasteiger partial charge in [-0.1, -0.05) is 0 Å². The molecule has 0 saturated carbocycles. The van der Waals surface area contributed by atoms with Crippen LogP contribution in [0.3, 0.4) is 0 Å². The molecule has 5 nitrogen and oxygen atoms in total. The van der Waals surface area contributed by atoms with E-state index in [1.807, 2.05) is 21.7 Å². The number of carbonyl (C=O) groups is 2. The molecule has 0 bridgehead atoms. The molecule has 2 rings (SSSR count). The van der Waals surface area contributed by atoms with Crippen molar-refractivity contribution in [1.82, 2.24) is 9.80 Å². The van der Waals surface area contributed by atoms with Crippen LogP contribution >= 0.6 is 11.3 Å². The Kier molecular flexibility index (Phi) is 3.98. The fourth-order valence-electron chi connectivity index (χ4n) is 2.04. The standard InChI is InChI=1S/C12H16N2O3S/c1-9(12(16)17)13-3-5-14(6-4-13)11(15)10-2-7-18-8-10/h2,7-9H,3-6H2,1H3,(H,16,17). The highest BCUT2D eigenvalue weighted by Crippen LogP contribution is 2.13. The molecule has 1 amide bonds. The monoisotopic (exact) mass is 268 g/mol. The summed E-state index contributed by atoms with van der Waals surface area (Å²) in [5.74, 6) is -0.772. The van der Waals surface area contributed by atoms with Gasteiger partial charge in [0.1, 0.15) is 6.04 Å². The van der Waals surface area contributed by atoms with Crippen LogP contribution in [0, 0.1) is 0 Å². The Morgan fingerprint density at radius 2 is 2.00 bits per heavy atom. The van der Waals surface area contributed by atoms with Crippen LogP contribution in [0.5, 0.6) is 0 Å². The number of rotatable bonds is 3. The number of hydrogen-bond donors (Lipinski definition) is 1. The van der Waals surface area contributed by atoms with E-state index in [2.05, 4.69) is 0 Å². The molecule has 1 atom stereocenters. The van der Waals surface area contributed by atoms with Gasteiger partial charge in [0.25, 0.3) is 5.91 Å². The minimum absolute atomic E-state index is 0.0406. The van der Waals surface area contributed by atoms with E-state index in [0.29, 0.717) is 26.2 Å². The topological polar surface area (TPSA) is 60.9 Å². The second-order valence-corrected chi connectivity index (χ2v) is 5.13. The van der Waals surface area contributed by atoms with E-state index in [0.717, 1.165) is 5.56 Å². The molecule has 1 aromatic heterocycles. The summed E-state index contributed by atoms with van der Waals surface area (Å²) in [5.41, 5.74) is 0.722. The largest absolute Gasteiger partial charge is 0.480 e. The average molecular weight is 268 g/mol. The molecule has 1 fully saturated rings. The van der Waals surface area contributed by atoms with Gasteiger partial charge in [-0.15, -0.1) is 0 Å². The van der Waals surface area contributed by atoms with Gasteiger partial charge in [-0.2, -0.15) is 11.3 Å². The number of hydrogen-bond acceptors (Lipinski definition) is 4. The molecule has 0 aliphatic carbocycles. The number of aliphatic carboxylic acids is 1. The minimum atomic E-state index is -0.812. The van der Waals surface area contributed by atoms with E-state index in [4.69, 9.17) is 5.11 Å². The maximum Gasteiger partial charge on any atom is 0.320 e. The minimum Gasteiger partial charge on any atom is -0.480 e. The van der Waals surface area contributed by atoms with Crippen molar-refractivity contribution in [3.8, 4) is 0 Å².